The van der Waals surface area contributed by atoms with E-state index in [4.69, 9.17) is 10.5 Å². The Labute approximate surface area is 189 Å². The molecule has 0 saturated heterocycles. The summed E-state index contributed by atoms with van der Waals surface area (Å²) < 4.78 is 17.9. The fraction of sp³-hybridized carbons (Fsp3) is 0.591. The van der Waals surface area contributed by atoms with Crippen LogP contribution >= 0.6 is 0 Å². The van der Waals surface area contributed by atoms with Crippen molar-refractivity contribution < 1.29 is 23.3 Å². The third-order valence-electron chi connectivity index (χ3n) is 3.81. The van der Waals surface area contributed by atoms with Crippen LogP contribution in [0.25, 0.3) is 0 Å². The molecule has 2 unspecified atom stereocenters. The number of nitrogens with one attached hydrogen (secondary N) is 2. The second kappa shape index (κ2) is 22.1. The first-order valence-electron chi connectivity index (χ1n) is 9.80. The maximum absolute atomic E-state index is 10.6. The SMILES string of the molecule is C#C.C#C.CC(=O)N[C@@H](C)C(N)=O.CCOC/C=C\[C@@H]1CC1C.O=CNS(=O)C1CC1. The Morgan fingerprint density at radius 2 is 1.77 bits per heavy atom. The highest BCUT2D eigenvalue weighted by Crippen LogP contribution is 2.38. The van der Waals surface area contributed by atoms with Gasteiger partial charge in [-0.15, -0.1) is 25.7 Å². The van der Waals surface area contributed by atoms with Crippen molar-refractivity contribution in [2.75, 3.05) is 13.2 Å². The molecule has 2 rings (SSSR count). The molecule has 0 radical (unpaired) electrons. The molecule has 176 valence electrons. The van der Waals surface area contributed by atoms with Crippen molar-refractivity contribution >= 4 is 29.2 Å². The normalized spacial score (nSPS) is 19.5. The summed E-state index contributed by atoms with van der Waals surface area (Å²) in [6.45, 7) is 8.79. The second-order valence-electron chi connectivity index (χ2n) is 6.52. The number of ether oxygens (including phenoxy) is 1. The fourth-order valence-corrected chi connectivity index (χ4v) is 2.69. The first-order valence-corrected chi connectivity index (χ1v) is 11.0. The Morgan fingerprint density at radius 3 is 2.06 bits per heavy atom. The van der Waals surface area contributed by atoms with Gasteiger partial charge in [-0.3, -0.25) is 19.1 Å². The van der Waals surface area contributed by atoms with Crippen molar-refractivity contribution in [3.63, 3.8) is 0 Å². The van der Waals surface area contributed by atoms with Gasteiger partial charge < -0.3 is 15.8 Å². The van der Waals surface area contributed by atoms with Gasteiger partial charge in [0.1, 0.15) is 17.0 Å². The van der Waals surface area contributed by atoms with Crippen molar-refractivity contribution in [1.82, 2.24) is 10.0 Å². The van der Waals surface area contributed by atoms with Gasteiger partial charge in [-0.2, -0.15) is 0 Å². The number of hydrogen-bond donors (Lipinski definition) is 3. The van der Waals surface area contributed by atoms with E-state index in [0.717, 1.165) is 37.9 Å². The van der Waals surface area contributed by atoms with E-state index in [1.165, 1.54) is 20.3 Å². The molecule has 3 amide bonds. The molecule has 0 aromatic rings. The van der Waals surface area contributed by atoms with Crippen LogP contribution in [0.5, 0.6) is 0 Å². The van der Waals surface area contributed by atoms with Gasteiger partial charge in [-0.1, -0.05) is 19.1 Å². The average molecular weight is 456 g/mol. The second-order valence-corrected chi connectivity index (χ2v) is 8.02. The van der Waals surface area contributed by atoms with Gasteiger partial charge in [0.25, 0.3) is 0 Å². The monoisotopic (exact) mass is 455 g/mol. The summed E-state index contributed by atoms with van der Waals surface area (Å²) in [6.07, 6.45) is 24.3. The van der Waals surface area contributed by atoms with Crippen LogP contribution in [0, 0.1) is 37.5 Å². The van der Waals surface area contributed by atoms with E-state index < -0.39 is 22.9 Å². The van der Waals surface area contributed by atoms with E-state index in [0.29, 0.717) is 6.41 Å². The predicted molar refractivity (Wildman–Crippen MR) is 126 cm³/mol. The van der Waals surface area contributed by atoms with Gasteiger partial charge in [0.2, 0.25) is 18.2 Å². The maximum atomic E-state index is 10.6. The molecule has 2 fully saturated rings. The van der Waals surface area contributed by atoms with E-state index in [9.17, 15) is 18.6 Å². The van der Waals surface area contributed by atoms with Crippen LogP contribution in [-0.2, 0) is 30.1 Å². The molecule has 0 aromatic heterocycles. The summed E-state index contributed by atoms with van der Waals surface area (Å²) in [5.41, 5.74) is 4.83. The molecule has 2 saturated carbocycles. The van der Waals surface area contributed by atoms with Crippen LogP contribution in [0.2, 0.25) is 0 Å². The highest BCUT2D eigenvalue weighted by atomic mass is 32.2. The van der Waals surface area contributed by atoms with Crippen LogP contribution in [0.3, 0.4) is 0 Å². The van der Waals surface area contributed by atoms with Gasteiger partial charge >= 0.3 is 0 Å². The molecule has 2 aliphatic carbocycles. The van der Waals surface area contributed by atoms with E-state index >= 15 is 0 Å². The third-order valence-corrected chi connectivity index (χ3v) is 5.22. The van der Waals surface area contributed by atoms with Crippen molar-refractivity contribution in [3.8, 4) is 25.7 Å². The lowest BCUT2D eigenvalue weighted by Crippen LogP contribution is -2.41. The third kappa shape index (κ3) is 23.5. The minimum absolute atomic E-state index is 0.249. The molecule has 0 aliphatic heterocycles. The smallest absolute Gasteiger partial charge is 0.239 e. The predicted octanol–water partition coefficient (Wildman–Crippen LogP) is 1.29. The summed E-state index contributed by atoms with van der Waals surface area (Å²) in [6, 6.07) is -0.567. The highest BCUT2D eigenvalue weighted by molar-refractivity contribution is 7.84. The largest absolute Gasteiger partial charge is 0.378 e. The lowest BCUT2D eigenvalue weighted by Gasteiger charge is -2.05. The lowest BCUT2D eigenvalue weighted by atomic mass is 10.3. The Hall–Kier alpha value is -2.62. The Bertz CT molecular complexity index is 594. The van der Waals surface area contributed by atoms with Crippen LogP contribution in [0.15, 0.2) is 12.2 Å². The van der Waals surface area contributed by atoms with Gasteiger partial charge in [-0.05, 0) is 44.9 Å². The quantitative estimate of drug-likeness (QED) is 0.209. The number of terminal acetylenes is 2. The molecule has 4 atom stereocenters. The number of rotatable bonds is 9. The van der Waals surface area contributed by atoms with Crippen LogP contribution in [0.1, 0.15) is 47.0 Å². The lowest BCUT2D eigenvalue weighted by molar-refractivity contribution is -0.125. The highest BCUT2D eigenvalue weighted by Gasteiger charge is 2.29. The number of allylic oxidation sites excluding steroid dienone is 1. The molecule has 8 nitrogen and oxygen atoms in total. The van der Waals surface area contributed by atoms with E-state index in [1.54, 1.807) is 0 Å². The number of primary amides is 1. The van der Waals surface area contributed by atoms with Crippen molar-refractivity contribution in [2.45, 2.75) is 58.2 Å². The Kier molecular flexibility index (Phi) is 23.5. The van der Waals surface area contributed by atoms with Crippen molar-refractivity contribution in [2.24, 2.45) is 17.6 Å². The summed E-state index contributed by atoms with van der Waals surface area (Å²) in [4.78, 5) is 30.1. The number of carbonyl (C=O) groups is 3. The minimum Gasteiger partial charge on any atom is -0.378 e. The zero-order valence-electron chi connectivity index (χ0n) is 18.9. The van der Waals surface area contributed by atoms with Crippen LogP contribution in [-0.4, -0.2) is 46.9 Å². The Morgan fingerprint density at radius 1 is 1.26 bits per heavy atom. The first-order chi connectivity index (χ1) is 14.7. The average Bonchev–Trinajstić information content (AvgIpc) is 3.67. The molecule has 0 aromatic carbocycles. The van der Waals surface area contributed by atoms with Crippen LogP contribution < -0.4 is 15.8 Å². The zero-order valence-corrected chi connectivity index (χ0v) is 19.7. The molecular formula is C22H37N3O5S. The molecule has 4 N–H and O–H groups in total. The summed E-state index contributed by atoms with van der Waals surface area (Å²) >= 11 is 0. The summed E-state index contributed by atoms with van der Waals surface area (Å²) in [7, 11) is -1.08. The molecule has 0 bridgehead atoms. The number of carbonyl (C=O) groups excluding carboxylic acids is 3. The zero-order chi connectivity index (χ0) is 24.8. The van der Waals surface area contributed by atoms with Gasteiger partial charge in [0, 0.05) is 13.5 Å². The number of hydrogen-bond acceptors (Lipinski definition) is 5. The summed E-state index contributed by atoms with van der Waals surface area (Å²) in [5.74, 6) is 1.02. The van der Waals surface area contributed by atoms with Crippen molar-refractivity contribution in [3.05, 3.63) is 12.2 Å². The fourth-order valence-electron chi connectivity index (χ4n) is 1.84. The standard InChI is InChI=1S/C9H16O.C5H10N2O2.C4H7NO2S.2C2H2/c1-3-10-6-4-5-9-7-8(9)2;1-3(5(6)9)7-4(2)8;6-3-5-8(7)4-1-2-4;2*1-2/h4-5,8-9H,3,6-7H2,1-2H3;3H,1-2H3,(H2,6,9)(H,7,8);3-4H,1-2H2,(H,5,6);2*1-2H/b5-4-;;;;/t8?,9-;3-;;;/m10.../s1. The molecule has 2 aliphatic rings. The maximum Gasteiger partial charge on any atom is 0.239 e. The van der Waals surface area contributed by atoms with Crippen LogP contribution in [0.4, 0.5) is 0 Å². The molecular weight excluding hydrogens is 418 g/mol. The van der Waals surface area contributed by atoms with E-state index in [2.05, 4.69) is 54.8 Å². The van der Waals surface area contributed by atoms with Gasteiger partial charge in [0.05, 0.1) is 11.9 Å². The number of nitrogens with two attached hydrogens (primary N) is 1. The van der Waals surface area contributed by atoms with Gasteiger partial charge in [0.15, 0.2) is 0 Å². The van der Waals surface area contributed by atoms with E-state index in [1.807, 2.05) is 6.92 Å². The topological polar surface area (TPSA) is 128 Å². The molecule has 31 heavy (non-hydrogen) atoms. The summed E-state index contributed by atoms with van der Waals surface area (Å²) in [5, 5.41) is 2.58. The Balaban J connectivity index is -0.000000352. The minimum atomic E-state index is -1.08. The van der Waals surface area contributed by atoms with E-state index in [-0.39, 0.29) is 11.2 Å². The molecule has 0 heterocycles. The van der Waals surface area contributed by atoms with Gasteiger partial charge in [-0.25, -0.2) is 4.21 Å². The number of amides is 3. The first kappa shape index (κ1) is 33.0. The molecule has 0 spiro atoms. The molecule has 9 heteroatoms. The van der Waals surface area contributed by atoms with Crippen molar-refractivity contribution in [1.29, 1.82) is 0 Å².